The number of nitrogens with zero attached hydrogens (tertiary/aromatic N) is 1. The van der Waals surface area contributed by atoms with E-state index in [0.717, 1.165) is 17.8 Å². The summed E-state index contributed by atoms with van der Waals surface area (Å²) in [5, 5.41) is 3.43. The third-order valence-electron chi connectivity index (χ3n) is 4.34. The van der Waals surface area contributed by atoms with Gasteiger partial charge in [-0.25, -0.2) is 0 Å². The minimum absolute atomic E-state index is 0.969. The molecule has 1 N–H and O–H groups in total. The van der Waals surface area contributed by atoms with Gasteiger partial charge in [0.15, 0.2) is 0 Å². The van der Waals surface area contributed by atoms with Crippen LogP contribution in [0.2, 0.25) is 0 Å². The van der Waals surface area contributed by atoms with E-state index in [4.69, 9.17) is 0 Å². The molecule has 2 unspecified atom stereocenters. The van der Waals surface area contributed by atoms with E-state index < -0.39 is 0 Å². The fraction of sp³-hybridized carbons (Fsp3) is 1.00. The van der Waals surface area contributed by atoms with Gasteiger partial charge in [-0.1, -0.05) is 13.8 Å². The average molecular weight is 224 g/mol. The summed E-state index contributed by atoms with van der Waals surface area (Å²) in [6.45, 7) is 11.1. The van der Waals surface area contributed by atoms with E-state index in [9.17, 15) is 0 Å². The normalized spacial score (nSPS) is 37.5. The highest BCUT2D eigenvalue weighted by atomic mass is 15.2. The third-order valence-corrected chi connectivity index (χ3v) is 4.34. The van der Waals surface area contributed by atoms with Crippen LogP contribution in [0, 0.1) is 17.8 Å². The van der Waals surface area contributed by atoms with E-state index >= 15 is 0 Å². The second-order valence-corrected chi connectivity index (χ2v) is 6.16. The summed E-state index contributed by atoms with van der Waals surface area (Å²) in [6.07, 6.45) is 5.87. The number of nitrogens with one attached hydrogen (secondary N) is 1. The minimum Gasteiger partial charge on any atom is -0.314 e. The first-order chi connectivity index (χ1) is 7.74. The molecule has 16 heavy (non-hydrogen) atoms. The minimum atomic E-state index is 0.969. The van der Waals surface area contributed by atoms with Crippen LogP contribution in [-0.2, 0) is 0 Å². The van der Waals surface area contributed by atoms with Gasteiger partial charge in [0.1, 0.15) is 0 Å². The lowest BCUT2D eigenvalue weighted by Crippen LogP contribution is -2.44. The van der Waals surface area contributed by atoms with E-state index in [1.807, 2.05) is 0 Å². The van der Waals surface area contributed by atoms with Gasteiger partial charge in [0, 0.05) is 26.2 Å². The summed E-state index contributed by atoms with van der Waals surface area (Å²) in [5.74, 6) is 2.95. The van der Waals surface area contributed by atoms with Crippen LogP contribution in [0.5, 0.6) is 0 Å². The molecule has 0 aromatic rings. The van der Waals surface area contributed by atoms with E-state index in [-0.39, 0.29) is 0 Å². The van der Waals surface area contributed by atoms with Gasteiger partial charge < -0.3 is 10.2 Å². The monoisotopic (exact) mass is 224 g/mol. The molecule has 0 aromatic heterocycles. The highest BCUT2D eigenvalue weighted by molar-refractivity contribution is 4.77. The van der Waals surface area contributed by atoms with Crippen LogP contribution >= 0.6 is 0 Å². The van der Waals surface area contributed by atoms with Crippen LogP contribution in [0.3, 0.4) is 0 Å². The molecule has 2 atom stereocenters. The lowest BCUT2D eigenvalue weighted by molar-refractivity contribution is 0.172. The Morgan fingerprint density at radius 3 is 2.25 bits per heavy atom. The van der Waals surface area contributed by atoms with Crippen molar-refractivity contribution in [3.63, 3.8) is 0 Å². The Morgan fingerprint density at radius 2 is 1.62 bits per heavy atom. The molecule has 2 fully saturated rings. The van der Waals surface area contributed by atoms with Crippen molar-refractivity contribution in [2.75, 3.05) is 32.7 Å². The zero-order chi connectivity index (χ0) is 11.4. The highest BCUT2D eigenvalue weighted by Crippen LogP contribution is 2.34. The zero-order valence-corrected chi connectivity index (χ0v) is 11.0. The Kier molecular flexibility index (Phi) is 4.66. The zero-order valence-electron chi connectivity index (χ0n) is 11.0. The Labute approximate surface area is 101 Å². The Bertz CT molecular complexity index is 189. The van der Waals surface area contributed by atoms with Crippen LogP contribution in [0.25, 0.3) is 0 Å². The van der Waals surface area contributed by atoms with Crippen molar-refractivity contribution in [1.29, 1.82) is 0 Å². The maximum absolute atomic E-state index is 3.43. The molecule has 0 aromatic carbocycles. The van der Waals surface area contributed by atoms with E-state index in [0.29, 0.717) is 0 Å². The van der Waals surface area contributed by atoms with Crippen molar-refractivity contribution in [1.82, 2.24) is 10.2 Å². The van der Waals surface area contributed by atoms with Crippen LogP contribution in [0.15, 0.2) is 0 Å². The molecule has 1 heterocycles. The summed E-state index contributed by atoms with van der Waals surface area (Å²) in [5.41, 5.74) is 0. The van der Waals surface area contributed by atoms with Crippen LogP contribution in [0.4, 0.5) is 0 Å². The molecule has 1 aliphatic carbocycles. The second-order valence-electron chi connectivity index (χ2n) is 6.16. The molecule has 2 aliphatic rings. The summed E-state index contributed by atoms with van der Waals surface area (Å²) in [6, 6.07) is 0. The molecule has 2 nitrogen and oxygen atoms in total. The van der Waals surface area contributed by atoms with Crippen molar-refractivity contribution < 1.29 is 0 Å². The van der Waals surface area contributed by atoms with Gasteiger partial charge in [0.2, 0.25) is 0 Å². The molecule has 2 heteroatoms. The van der Waals surface area contributed by atoms with Crippen molar-refractivity contribution in [3.05, 3.63) is 0 Å². The van der Waals surface area contributed by atoms with Gasteiger partial charge in [0.05, 0.1) is 0 Å². The van der Waals surface area contributed by atoms with Crippen molar-refractivity contribution in [2.45, 2.75) is 39.5 Å². The topological polar surface area (TPSA) is 15.3 Å². The first-order valence-corrected chi connectivity index (χ1v) is 7.17. The summed E-state index contributed by atoms with van der Waals surface area (Å²) < 4.78 is 0. The summed E-state index contributed by atoms with van der Waals surface area (Å²) >= 11 is 0. The predicted molar refractivity (Wildman–Crippen MR) is 69.6 cm³/mol. The third kappa shape index (κ3) is 3.74. The lowest BCUT2D eigenvalue weighted by Gasteiger charge is -2.34. The molecular formula is C14H28N2. The summed E-state index contributed by atoms with van der Waals surface area (Å²) in [4.78, 5) is 2.64. The largest absolute Gasteiger partial charge is 0.314 e. The van der Waals surface area contributed by atoms with Crippen LogP contribution < -0.4 is 5.32 Å². The average Bonchev–Trinajstić information content (AvgIpc) is 2.27. The predicted octanol–water partition coefficient (Wildman–Crippen LogP) is 2.35. The Balaban J connectivity index is 1.68. The molecule has 1 aliphatic heterocycles. The van der Waals surface area contributed by atoms with Crippen molar-refractivity contribution in [3.8, 4) is 0 Å². The molecular weight excluding hydrogens is 196 g/mol. The molecule has 0 amide bonds. The number of rotatable bonds is 3. The maximum Gasteiger partial charge on any atom is 0.0107 e. The van der Waals surface area contributed by atoms with E-state index in [1.54, 1.807) is 0 Å². The van der Waals surface area contributed by atoms with Gasteiger partial charge in [-0.15, -0.1) is 0 Å². The molecule has 1 saturated heterocycles. The number of hydrogen-bond donors (Lipinski definition) is 1. The molecule has 1 saturated carbocycles. The van der Waals surface area contributed by atoms with E-state index in [2.05, 4.69) is 24.1 Å². The first-order valence-electron chi connectivity index (χ1n) is 7.17. The van der Waals surface area contributed by atoms with Gasteiger partial charge in [-0.2, -0.15) is 0 Å². The van der Waals surface area contributed by atoms with Gasteiger partial charge in [-0.3, -0.25) is 0 Å². The Hall–Kier alpha value is -0.0800. The molecule has 0 bridgehead atoms. The Morgan fingerprint density at radius 1 is 1.00 bits per heavy atom. The van der Waals surface area contributed by atoms with E-state index in [1.165, 1.54) is 58.4 Å². The second kappa shape index (κ2) is 6.02. The molecule has 94 valence electrons. The smallest absolute Gasteiger partial charge is 0.0107 e. The SMILES string of the molecule is CC1CC(C)CC(CCN2CCNCC2)C1. The molecule has 2 rings (SSSR count). The van der Waals surface area contributed by atoms with Crippen LogP contribution in [0.1, 0.15) is 39.5 Å². The standard InChI is InChI=1S/C14H28N2/c1-12-9-13(2)11-14(10-12)3-6-16-7-4-15-5-8-16/h12-15H,3-11H2,1-2H3. The quantitative estimate of drug-likeness (QED) is 0.791. The number of piperazine rings is 1. The van der Waals surface area contributed by atoms with Gasteiger partial charge in [0.25, 0.3) is 0 Å². The fourth-order valence-corrected chi connectivity index (χ4v) is 3.65. The van der Waals surface area contributed by atoms with Gasteiger partial charge >= 0.3 is 0 Å². The highest BCUT2D eigenvalue weighted by Gasteiger charge is 2.24. The first kappa shape index (κ1) is 12.4. The molecule has 0 radical (unpaired) electrons. The summed E-state index contributed by atoms with van der Waals surface area (Å²) in [7, 11) is 0. The maximum atomic E-state index is 3.43. The van der Waals surface area contributed by atoms with Gasteiger partial charge in [-0.05, 0) is 50.0 Å². The molecule has 0 spiro atoms. The van der Waals surface area contributed by atoms with Crippen LogP contribution in [-0.4, -0.2) is 37.6 Å². The fourth-order valence-electron chi connectivity index (χ4n) is 3.65. The number of hydrogen-bond acceptors (Lipinski definition) is 2. The van der Waals surface area contributed by atoms with Crippen molar-refractivity contribution in [2.24, 2.45) is 17.8 Å². The lowest BCUT2D eigenvalue weighted by atomic mass is 9.75. The van der Waals surface area contributed by atoms with Crippen molar-refractivity contribution >= 4 is 0 Å².